The zero-order valence-corrected chi connectivity index (χ0v) is 8.65. The summed E-state index contributed by atoms with van der Waals surface area (Å²) in [5.41, 5.74) is 0.961. The summed E-state index contributed by atoms with van der Waals surface area (Å²) in [5, 5.41) is 8.69. The summed E-state index contributed by atoms with van der Waals surface area (Å²) >= 11 is 0. The molecule has 0 aliphatic heterocycles. The highest BCUT2D eigenvalue weighted by Gasteiger charge is 2.01. The molecule has 0 bridgehead atoms. The summed E-state index contributed by atoms with van der Waals surface area (Å²) < 4.78 is 5.00. The molecule has 0 aliphatic carbocycles. The molecular formula is C12H11NO2. The number of carbonyl (C=O) groups is 1. The molecule has 0 saturated carbocycles. The van der Waals surface area contributed by atoms with Crippen LogP contribution in [0.1, 0.15) is 12.5 Å². The summed E-state index contributed by atoms with van der Waals surface area (Å²) in [6.45, 7) is 1.37. The van der Waals surface area contributed by atoms with E-state index in [0.29, 0.717) is 0 Å². The molecule has 0 spiro atoms. The van der Waals surface area contributed by atoms with E-state index in [2.05, 4.69) is 0 Å². The lowest BCUT2D eigenvalue weighted by Crippen LogP contribution is -1.92. The van der Waals surface area contributed by atoms with E-state index in [9.17, 15) is 4.79 Å². The molecule has 15 heavy (non-hydrogen) atoms. The molecule has 1 aromatic rings. The van der Waals surface area contributed by atoms with Crippen LogP contribution in [-0.2, 0) is 4.79 Å². The first-order valence-electron chi connectivity index (χ1n) is 4.44. The molecule has 0 saturated heterocycles. The average molecular weight is 201 g/mol. The number of nitriles is 1. The Balaban J connectivity index is 2.98. The minimum Gasteiger partial charge on any atom is -0.497 e. The Kier molecular flexibility index (Phi) is 3.64. The number of carbonyl (C=O) groups excluding carboxylic acids is 1. The van der Waals surface area contributed by atoms with Crippen LogP contribution in [-0.4, -0.2) is 12.9 Å². The van der Waals surface area contributed by atoms with Crippen molar-refractivity contribution >= 4 is 11.9 Å². The van der Waals surface area contributed by atoms with Gasteiger partial charge < -0.3 is 4.74 Å². The molecule has 1 aromatic carbocycles. The second-order valence-corrected chi connectivity index (χ2v) is 3.00. The minimum atomic E-state index is -0.228. The van der Waals surface area contributed by atoms with Crippen LogP contribution in [0.25, 0.3) is 6.08 Å². The molecule has 1 rings (SSSR count). The average Bonchev–Trinajstić information content (AvgIpc) is 2.26. The van der Waals surface area contributed by atoms with Crippen LogP contribution >= 0.6 is 0 Å². The van der Waals surface area contributed by atoms with Crippen molar-refractivity contribution in [3.8, 4) is 11.8 Å². The fourth-order valence-corrected chi connectivity index (χ4v) is 1.08. The highest BCUT2D eigenvalue weighted by Crippen LogP contribution is 2.13. The van der Waals surface area contributed by atoms with Gasteiger partial charge in [0.1, 0.15) is 11.8 Å². The maximum absolute atomic E-state index is 11.0. The van der Waals surface area contributed by atoms with Crippen LogP contribution in [0, 0.1) is 11.3 Å². The molecular weight excluding hydrogens is 190 g/mol. The normalized spacial score (nSPS) is 10.6. The van der Waals surface area contributed by atoms with Gasteiger partial charge >= 0.3 is 0 Å². The van der Waals surface area contributed by atoms with Crippen LogP contribution in [0.2, 0.25) is 0 Å². The zero-order valence-electron chi connectivity index (χ0n) is 8.65. The quantitative estimate of drug-likeness (QED) is 0.556. The molecule has 3 heteroatoms. The second-order valence-electron chi connectivity index (χ2n) is 3.00. The van der Waals surface area contributed by atoms with Gasteiger partial charge in [0.05, 0.1) is 12.7 Å². The SMILES string of the molecule is COc1ccc(C=C(C#N)C(C)=O)cc1. The lowest BCUT2D eigenvalue weighted by molar-refractivity contribution is -0.113. The van der Waals surface area contributed by atoms with E-state index < -0.39 is 0 Å². The number of nitrogens with zero attached hydrogens (tertiary/aromatic N) is 1. The first-order chi connectivity index (χ1) is 7.17. The van der Waals surface area contributed by atoms with Gasteiger partial charge in [-0.25, -0.2) is 0 Å². The Morgan fingerprint density at radius 2 is 2.00 bits per heavy atom. The molecule has 0 fully saturated rings. The van der Waals surface area contributed by atoms with E-state index >= 15 is 0 Å². The van der Waals surface area contributed by atoms with Crippen molar-refractivity contribution in [2.45, 2.75) is 6.92 Å². The number of ether oxygens (including phenoxy) is 1. The number of methoxy groups -OCH3 is 1. The third-order valence-electron chi connectivity index (χ3n) is 1.93. The van der Waals surface area contributed by atoms with Gasteiger partial charge in [-0.15, -0.1) is 0 Å². The lowest BCUT2D eigenvalue weighted by Gasteiger charge is -1.99. The lowest BCUT2D eigenvalue weighted by atomic mass is 10.1. The number of hydrogen-bond donors (Lipinski definition) is 0. The topological polar surface area (TPSA) is 50.1 Å². The number of allylic oxidation sites excluding steroid dienone is 1. The maximum atomic E-state index is 11.0. The third kappa shape index (κ3) is 2.96. The van der Waals surface area contributed by atoms with E-state index in [0.717, 1.165) is 11.3 Å². The van der Waals surface area contributed by atoms with Gasteiger partial charge in [0.2, 0.25) is 0 Å². The first-order valence-corrected chi connectivity index (χ1v) is 4.44. The Bertz CT molecular complexity index is 424. The summed E-state index contributed by atoms with van der Waals surface area (Å²) in [6, 6.07) is 9.00. The maximum Gasteiger partial charge on any atom is 0.170 e. The van der Waals surface area contributed by atoms with Crippen molar-refractivity contribution in [3.05, 3.63) is 35.4 Å². The smallest absolute Gasteiger partial charge is 0.170 e. The van der Waals surface area contributed by atoms with E-state index in [-0.39, 0.29) is 11.4 Å². The van der Waals surface area contributed by atoms with Crippen LogP contribution < -0.4 is 4.74 Å². The van der Waals surface area contributed by atoms with E-state index in [1.807, 2.05) is 6.07 Å². The molecule has 0 aliphatic rings. The summed E-state index contributed by atoms with van der Waals surface area (Å²) in [7, 11) is 1.58. The Labute approximate surface area is 88.6 Å². The minimum absolute atomic E-state index is 0.153. The Hall–Kier alpha value is -2.08. The van der Waals surface area contributed by atoms with Crippen LogP contribution in [0.5, 0.6) is 5.75 Å². The second kappa shape index (κ2) is 4.97. The fourth-order valence-electron chi connectivity index (χ4n) is 1.08. The van der Waals surface area contributed by atoms with Gasteiger partial charge in [-0.05, 0) is 30.7 Å². The number of rotatable bonds is 3. The fraction of sp³-hybridized carbons (Fsp3) is 0.167. The van der Waals surface area contributed by atoms with E-state index in [1.165, 1.54) is 6.92 Å². The van der Waals surface area contributed by atoms with Crippen molar-refractivity contribution < 1.29 is 9.53 Å². The van der Waals surface area contributed by atoms with Gasteiger partial charge in [-0.3, -0.25) is 4.79 Å². The van der Waals surface area contributed by atoms with Crippen LogP contribution in [0.3, 0.4) is 0 Å². The molecule has 0 atom stereocenters. The van der Waals surface area contributed by atoms with E-state index in [1.54, 1.807) is 37.5 Å². The summed E-state index contributed by atoms with van der Waals surface area (Å²) in [6.07, 6.45) is 1.56. The molecule has 0 heterocycles. The largest absolute Gasteiger partial charge is 0.497 e. The van der Waals surface area contributed by atoms with Crippen molar-refractivity contribution in [2.75, 3.05) is 7.11 Å². The zero-order chi connectivity index (χ0) is 11.3. The van der Waals surface area contributed by atoms with Crippen molar-refractivity contribution in [1.29, 1.82) is 5.26 Å². The predicted octanol–water partition coefficient (Wildman–Crippen LogP) is 2.19. The molecule has 76 valence electrons. The van der Waals surface area contributed by atoms with Gasteiger partial charge in [0.25, 0.3) is 0 Å². The Morgan fingerprint density at radius 1 is 1.40 bits per heavy atom. The summed E-state index contributed by atoms with van der Waals surface area (Å²) in [5.74, 6) is 0.516. The van der Waals surface area contributed by atoms with Gasteiger partial charge in [0.15, 0.2) is 5.78 Å². The molecule has 0 N–H and O–H groups in total. The monoisotopic (exact) mass is 201 g/mol. The molecule has 3 nitrogen and oxygen atoms in total. The number of benzene rings is 1. The Morgan fingerprint density at radius 3 is 2.40 bits per heavy atom. The standard InChI is InChI=1S/C12H11NO2/c1-9(14)11(8-13)7-10-3-5-12(15-2)6-4-10/h3-7H,1-2H3. The highest BCUT2D eigenvalue weighted by molar-refractivity contribution is 6.01. The van der Waals surface area contributed by atoms with Gasteiger partial charge in [-0.2, -0.15) is 5.26 Å². The first kappa shape index (κ1) is 11.0. The molecule has 0 amide bonds. The number of ketones is 1. The van der Waals surface area contributed by atoms with Gasteiger partial charge in [0, 0.05) is 0 Å². The van der Waals surface area contributed by atoms with E-state index in [4.69, 9.17) is 10.00 Å². The molecule has 0 unspecified atom stereocenters. The van der Waals surface area contributed by atoms with Crippen molar-refractivity contribution in [3.63, 3.8) is 0 Å². The van der Waals surface area contributed by atoms with Crippen molar-refractivity contribution in [2.24, 2.45) is 0 Å². The van der Waals surface area contributed by atoms with Gasteiger partial charge in [-0.1, -0.05) is 12.1 Å². The summed E-state index contributed by atoms with van der Waals surface area (Å²) in [4.78, 5) is 11.0. The molecule has 0 aromatic heterocycles. The number of hydrogen-bond acceptors (Lipinski definition) is 3. The third-order valence-corrected chi connectivity index (χ3v) is 1.93. The highest BCUT2D eigenvalue weighted by atomic mass is 16.5. The number of Topliss-reactive ketones (excluding diaryl/α,β-unsaturated/α-hetero) is 1. The van der Waals surface area contributed by atoms with Crippen LogP contribution in [0.15, 0.2) is 29.8 Å². The predicted molar refractivity (Wildman–Crippen MR) is 57.3 cm³/mol. The molecule has 0 radical (unpaired) electrons. The van der Waals surface area contributed by atoms with Crippen molar-refractivity contribution in [1.82, 2.24) is 0 Å². The van der Waals surface area contributed by atoms with Crippen LogP contribution in [0.4, 0.5) is 0 Å².